The Labute approximate surface area is 118 Å². The number of rotatable bonds is 6. The molecule has 2 aromatic rings. The molecule has 1 amide bonds. The molecule has 1 unspecified atom stereocenters. The van der Waals surface area contributed by atoms with Crippen LogP contribution in [0.5, 0.6) is 0 Å². The third-order valence-corrected chi connectivity index (χ3v) is 3.29. The minimum atomic E-state index is -0.0997. The lowest BCUT2D eigenvalue weighted by atomic mass is 10.1. The van der Waals surface area contributed by atoms with Crippen molar-refractivity contribution in [3.63, 3.8) is 0 Å². The van der Waals surface area contributed by atoms with Crippen LogP contribution in [0.25, 0.3) is 10.9 Å². The van der Waals surface area contributed by atoms with Crippen LogP contribution in [-0.4, -0.2) is 30.6 Å². The van der Waals surface area contributed by atoms with Gasteiger partial charge in [-0.2, -0.15) is 0 Å². The van der Waals surface area contributed by atoms with E-state index in [1.165, 1.54) is 0 Å². The molecule has 0 aliphatic heterocycles. The maximum atomic E-state index is 12.4. The highest BCUT2D eigenvalue weighted by Crippen LogP contribution is 2.21. The van der Waals surface area contributed by atoms with Gasteiger partial charge < -0.3 is 20.8 Å². The zero-order valence-corrected chi connectivity index (χ0v) is 11.9. The van der Waals surface area contributed by atoms with Crippen LogP contribution in [0.4, 0.5) is 5.69 Å². The number of nitrogens with one attached hydrogen (secondary N) is 2. The largest absolute Gasteiger partial charge is 0.399 e. The third-order valence-electron chi connectivity index (χ3n) is 3.29. The number of hydrogen-bond acceptors (Lipinski definition) is 3. The molecular formula is C15H21N3O2. The minimum Gasteiger partial charge on any atom is -0.399 e. The summed E-state index contributed by atoms with van der Waals surface area (Å²) in [7, 11) is 1.64. The molecule has 1 aromatic heterocycles. The predicted molar refractivity (Wildman–Crippen MR) is 80.7 cm³/mol. The number of hydrogen-bond donors (Lipinski definition) is 3. The summed E-state index contributed by atoms with van der Waals surface area (Å²) in [5.41, 5.74) is 7.95. The van der Waals surface area contributed by atoms with E-state index in [2.05, 4.69) is 17.2 Å². The minimum absolute atomic E-state index is 0.0310. The number of methoxy groups -OCH3 is 1. The molecule has 5 heteroatoms. The Morgan fingerprint density at radius 1 is 1.50 bits per heavy atom. The zero-order chi connectivity index (χ0) is 14.5. The molecule has 0 aliphatic carbocycles. The molecule has 0 saturated carbocycles. The second-order valence-corrected chi connectivity index (χ2v) is 4.92. The number of anilines is 1. The molecule has 5 nitrogen and oxygen atoms in total. The topological polar surface area (TPSA) is 80.1 Å². The first-order valence-corrected chi connectivity index (χ1v) is 6.82. The molecule has 1 atom stereocenters. The van der Waals surface area contributed by atoms with E-state index in [9.17, 15) is 4.79 Å². The van der Waals surface area contributed by atoms with Gasteiger partial charge in [-0.1, -0.05) is 13.3 Å². The lowest BCUT2D eigenvalue weighted by Gasteiger charge is -2.16. The smallest absolute Gasteiger partial charge is 0.253 e. The number of carbonyl (C=O) groups excluding carboxylic acids is 1. The fourth-order valence-corrected chi connectivity index (χ4v) is 2.34. The van der Waals surface area contributed by atoms with Gasteiger partial charge in [-0.05, 0) is 24.6 Å². The summed E-state index contributed by atoms with van der Waals surface area (Å²) >= 11 is 0. The summed E-state index contributed by atoms with van der Waals surface area (Å²) in [5.74, 6) is -0.0997. The number of ether oxygens (including phenoxy) is 1. The van der Waals surface area contributed by atoms with E-state index in [1.807, 2.05) is 18.2 Å². The molecule has 0 aliphatic rings. The highest BCUT2D eigenvalue weighted by atomic mass is 16.5. The summed E-state index contributed by atoms with van der Waals surface area (Å²) < 4.78 is 5.14. The van der Waals surface area contributed by atoms with Crippen LogP contribution < -0.4 is 11.1 Å². The van der Waals surface area contributed by atoms with Crippen molar-refractivity contribution in [2.45, 2.75) is 25.8 Å². The number of aromatic amines is 1. The van der Waals surface area contributed by atoms with E-state index in [1.54, 1.807) is 13.3 Å². The highest BCUT2D eigenvalue weighted by Gasteiger charge is 2.16. The molecule has 1 aromatic carbocycles. The fourth-order valence-electron chi connectivity index (χ4n) is 2.34. The van der Waals surface area contributed by atoms with E-state index in [0.29, 0.717) is 17.9 Å². The molecule has 20 heavy (non-hydrogen) atoms. The lowest BCUT2D eigenvalue weighted by molar-refractivity contribution is 0.0893. The van der Waals surface area contributed by atoms with Gasteiger partial charge in [0.1, 0.15) is 0 Å². The second-order valence-electron chi connectivity index (χ2n) is 4.92. The molecule has 4 N–H and O–H groups in total. The number of carbonyl (C=O) groups is 1. The molecule has 0 spiro atoms. The molecule has 0 saturated heterocycles. The van der Waals surface area contributed by atoms with E-state index >= 15 is 0 Å². The Hall–Kier alpha value is -2.01. The van der Waals surface area contributed by atoms with Crippen molar-refractivity contribution < 1.29 is 9.53 Å². The van der Waals surface area contributed by atoms with Crippen LogP contribution in [0.1, 0.15) is 30.1 Å². The van der Waals surface area contributed by atoms with Gasteiger partial charge in [0.15, 0.2) is 0 Å². The van der Waals surface area contributed by atoms with E-state index in [0.717, 1.165) is 23.7 Å². The summed E-state index contributed by atoms with van der Waals surface area (Å²) in [6, 6.07) is 5.53. The van der Waals surface area contributed by atoms with E-state index in [4.69, 9.17) is 10.5 Å². The second kappa shape index (κ2) is 6.43. The summed E-state index contributed by atoms with van der Waals surface area (Å²) in [4.78, 5) is 15.4. The van der Waals surface area contributed by atoms with Crippen molar-refractivity contribution in [2.24, 2.45) is 0 Å². The van der Waals surface area contributed by atoms with Crippen LogP contribution in [-0.2, 0) is 4.74 Å². The van der Waals surface area contributed by atoms with Gasteiger partial charge in [-0.3, -0.25) is 4.79 Å². The average Bonchev–Trinajstić information content (AvgIpc) is 2.82. The Bertz CT molecular complexity index is 586. The van der Waals surface area contributed by atoms with Gasteiger partial charge >= 0.3 is 0 Å². The fraction of sp³-hybridized carbons (Fsp3) is 0.400. The summed E-state index contributed by atoms with van der Waals surface area (Å²) in [6.45, 7) is 2.60. The monoisotopic (exact) mass is 275 g/mol. The van der Waals surface area contributed by atoms with Gasteiger partial charge in [-0.25, -0.2) is 0 Å². The number of nitrogen functional groups attached to an aromatic ring is 1. The molecule has 0 fully saturated rings. The van der Waals surface area contributed by atoms with Crippen molar-refractivity contribution in [1.29, 1.82) is 0 Å². The van der Waals surface area contributed by atoms with E-state index < -0.39 is 0 Å². The van der Waals surface area contributed by atoms with E-state index in [-0.39, 0.29) is 11.9 Å². The van der Waals surface area contributed by atoms with Gasteiger partial charge in [-0.15, -0.1) is 0 Å². The van der Waals surface area contributed by atoms with Crippen molar-refractivity contribution in [2.75, 3.05) is 19.5 Å². The van der Waals surface area contributed by atoms with Gasteiger partial charge in [0.2, 0.25) is 0 Å². The van der Waals surface area contributed by atoms with Crippen LogP contribution >= 0.6 is 0 Å². The molecule has 108 valence electrons. The number of nitrogens with two attached hydrogens (primary N) is 1. The molecule has 0 bridgehead atoms. The maximum absolute atomic E-state index is 12.4. The van der Waals surface area contributed by atoms with Gasteiger partial charge in [0.25, 0.3) is 5.91 Å². The maximum Gasteiger partial charge on any atom is 0.253 e. The third kappa shape index (κ3) is 3.11. The Kier molecular flexibility index (Phi) is 4.63. The van der Waals surface area contributed by atoms with Crippen LogP contribution in [0.15, 0.2) is 24.4 Å². The Morgan fingerprint density at radius 3 is 3.00 bits per heavy atom. The first kappa shape index (κ1) is 14.4. The number of benzene rings is 1. The lowest BCUT2D eigenvalue weighted by Crippen LogP contribution is -2.37. The van der Waals surface area contributed by atoms with Gasteiger partial charge in [0, 0.05) is 29.9 Å². The molecule has 2 rings (SSSR count). The zero-order valence-electron chi connectivity index (χ0n) is 11.9. The van der Waals surface area contributed by atoms with Crippen LogP contribution in [0, 0.1) is 0 Å². The SMILES string of the molecule is CCCC(COC)NC(=O)c1c[nH]c2ccc(N)cc12. The number of aromatic nitrogens is 1. The predicted octanol–water partition coefficient (Wildman–Crippen LogP) is 2.29. The molecule has 0 radical (unpaired) electrons. The van der Waals surface area contributed by atoms with Gasteiger partial charge in [0.05, 0.1) is 18.2 Å². The normalized spacial score (nSPS) is 12.5. The Balaban J connectivity index is 2.20. The van der Waals surface area contributed by atoms with Crippen molar-refractivity contribution in [3.05, 3.63) is 30.0 Å². The number of H-pyrrole nitrogens is 1. The summed E-state index contributed by atoms with van der Waals surface area (Å²) in [5, 5.41) is 3.85. The van der Waals surface area contributed by atoms with Crippen molar-refractivity contribution >= 4 is 22.5 Å². The average molecular weight is 275 g/mol. The van der Waals surface area contributed by atoms with Crippen molar-refractivity contribution in [3.8, 4) is 0 Å². The molecule has 1 heterocycles. The quantitative estimate of drug-likeness (QED) is 0.708. The van der Waals surface area contributed by atoms with Crippen LogP contribution in [0.3, 0.4) is 0 Å². The summed E-state index contributed by atoms with van der Waals surface area (Å²) in [6.07, 6.45) is 3.61. The highest BCUT2D eigenvalue weighted by molar-refractivity contribution is 6.07. The Morgan fingerprint density at radius 2 is 2.30 bits per heavy atom. The first-order valence-electron chi connectivity index (χ1n) is 6.82. The van der Waals surface area contributed by atoms with Crippen LogP contribution in [0.2, 0.25) is 0 Å². The first-order chi connectivity index (χ1) is 9.65. The number of amides is 1. The number of fused-ring (bicyclic) bond motifs is 1. The van der Waals surface area contributed by atoms with Crippen molar-refractivity contribution in [1.82, 2.24) is 10.3 Å². The standard InChI is InChI=1S/C15H21N3O2/c1-3-4-11(9-20-2)18-15(19)13-8-17-14-6-5-10(16)7-12(13)14/h5-8,11,17H,3-4,9,16H2,1-2H3,(H,18,19). The molecular weight excluding hydrogens is 254 g/mol.